The molecule has 3 N–H and O–H groups in total. The summed E-state index contributed by atoms with van der Waals surface area (Å²) in [4.78, 5) is 37.4. The third-order valence-corrected chi connectivity index (χ3v) is 6.98. The van der Waals surface area contributed by atoms with Gasteiger partial charge in [-0.2, -0.15) is 0 Å². The number of hydrogen-bond acceptors (Lipinski definition) is 11. The van der Waals surface area contributed by atoms with Gasteiger partial charge in [0.05, 0.1) is 31.7 Å². The van der Waals surface area contributed by atoms with Crippen molar-refractivity contribution in [3.63, 3.8) is 0 Å². The molecule has 2 rings (SSSR count). The Morgan fingerprint density at radius 3 is 2.43 bits per heavy atom. The van der Waals surface area contributed by atoms with Crippen LogP contribution in [-0.2, 0) is 39.4 Å². The Hall–Kier alpha value is -2.60. The SMILES string of the molecule is CC(C)COC(=O)C(C)(C)N[P@](=O)(CO[C@H](C)Cn1cnc2c(N)ncnc21)O[C@@H](C)C(=O)OC(C)C. The Balaban J connectivity index is 2.17. The van der Waals surface area contributed by atoms with Gasteiger partial charge in [0.25, 0.3) is 7.52 Å². The molecule has 0 amide bonds. The van der Waals surface area contributed by atoms with Crippen molar-refractivity contribution in [1.29, 1.82) is 0 Å². The lowest BCUT2D eigenvalue weighted by atomic mass is 10.1. The summed E-state index contributed by atoms with van der Waals surface area (Å²) in [7, 11) is -3.94. The third kappa shape index (κ3) is 9.03. The zero-order valence-electron chi connectivity index (χ0n) is 22.8. The zero-order valence-corrected chi connectivity index (χ0v) is 23.7. The summed E-state index contributed by atoms with van der Waals surface area (Å²) in [6.45, 7) is 13.9. The van der Waals surface area contributed by atoms with Crippen LogP contribution in [0.25, 0.3) is 11.2 Å². The van der Waals surface area contributed by atoms with Crippen LogP contribution in [-0.4, -0.2) is 68.3 Å². The van der Waals surface area contributed by atoms with Gasteiger partial charge in [0.1, 0.15) is 23.7 Å². The number of carbonyl (C=O) groups excluding carboxylic acids is 2. The van der Waals surface area contributed by atoms with Gasteiger partial charge in [0.2, 0.25) is 0 Å². The molecule has 0 bridgehead atoms. The van der Waals surface area contributed by atoms with E-state index in [4.69, 9.17) is 24.5 Å². The first-order valence-corrected chi connectivity index (χ1v) is 13.9. The highest BCUT2D eigenvalue weighted by atomic mass is 31.2. The second-order valence-corrected chi connectivity index (χ2v) is 12.1. The molecule has 0 saturated heterocycles. The van der Waals surface area contributed by atoms with E-state index in [9.17, 15) is 14.2 Å². The average molecular weight is 543 g/mol. The number of esters is 2. The summed E-state index contributed by atoms with van der Waals surface area (Å²) in [6.07, 6.45) is 0.416. The minimum atomic E-state index is -3.94. The number of anilines is 1. The van der Waals surface area contributed by atoms with E-state index < -0.39 is 43.6 Å². The molecule has 2 aromatic rings. The van der Waals surface area contributed by atoms with E-state index in [0.717, 1.165) is 0 Å². The van der Waals surface area contributed by atoms with Crippen molar-refractivity contribution >= 4 is 36.4 Å². The van der Waals surface area contributed by atoms with Gasteiger partial charge in [0.15, 0.2) is 17.6 Å². The normalized spacial score (nSPS) is 15.5. The summed E-state index contributed by atoms with van der Waals surface area (Å²) >= 11 is 0. The van der Waals surface area contributed by atoms with Crippen molar-refractivity contribution < 1.29 is 32.9 Å². The molecule has 14 heteroatoms. The van der Waals surface area contributed by atoms with Gasteiger partial charge < -0.3 is 29.0 Å². The molecule has 0 spiro atoms. The molecular formula is C23H39N6O7P. The predicted molar refractivity (Wildman–Crippen MR) is 138 cm³/mol. The van der Waals surface area contributed by atoms with E-state index >= 15 is 0 Å². The number of hydrogen-bond donors (Lipinski definition) is 2. The number of nitrogens with one attached hydrogen (secondary N) is 1. The number of ether oxygens (including phenoxy) is 3. The summed E-state index contributed by atoms with van der Waals surface area (Å²) in [5.41, 5.74) is 5.44. The molecule has 208 valence electrons. The number of nitrogens with two attached hydrogens (primary N) is 1. The minimum Gasteiger partial charge on any atom is -0.464 e. The number of carbonyl (C=O) groups is 2. The number of rotatable bonds is 14. The number of imidazole rings is 1. The highest BCUT2D eigenvalue weighted by Crippen LogP contribution is 2.46. The van der Waals surface area contributed by atoms with E-state index in [1.165, 1.54) is 27.1 Å². The fourth-order valence-corrected chi connectivity index (χ4v) is 5.37. The highest BCUT2D eigenvalue weighted by Gasteiger charge is 2.40. The lowest BCUT2D eigenvalue weighted by Gasteiger charge is -2.31. The molecule has 3 atom stereocenters. The predicted octanol–water partition coefficient (Wildman–Crippen LogP) is 2.89. The Kier molecular flexibility index (Phi) is 10.6. The van der Waals surface area contributed by atoms with Gasteiger partial charge in [0, 0.05) is 0 Å². The van der Waals surface area contributed by atoms with Crippen LogP contribution in [0, 0.1) is 5.92 Å². The number of nitrogen functional groups attached to an aromatic ring is 1. The minimum absolute atomic E-state index is 0.123. The topological polar surface area (TPSA) is 170 Å². The first-order chi connectivity index (χ1) is 17.1. The Morgan fingerprint density at radius 2 is 1.81 bits per heavy atom. The van der Waals surface area contributed by atoms with Crippen LogP contribution in [0.15, 0.2) is 12.7 Å². The molecule has 0 aliphatic rings. The molecule has 0 unspecified atom stereocenters. The first-order valence-electron chi connectivity index (χ1n) is 12.1. The lowest BCUT2D eigenvalue weighted by molar-refractivity contribution is -0.155. The van der Waals surface area contributed by atoms with Gasteiger partial charge in [-0.25, -0.2) is 24.8 Å². The maximum atomic E-state index is 13.9. The van der Waals surface area contributed by atoms with Crippen LogP contribution in [0.2, 0.25) is 0 Å². The average Bonchev–Trinajstić information content (AvgIpc) is 3.19. The van der Waals surface area contributed by atoms with Crippen molar-refractivity contribution in [2.24, 2.45) is 5.92 Å². The van der Waals surface area contributed by atoms with Crippen molar-refractivity contribution in [2.75, 3.05) is 18.7 Å². The zero-order chi connectivity index (χ0) is 28.0. The molecule has 0 radical (unpaired) electrons. The van der Waals surface area contributed by atoms with Gasteiger partial charge in [-0.1, -0.05) is 13.8 Å². The van der Waals surface area contributed by atoms with Crippen molar-refractivity contribution in [1.82, 2.24) is 24.6 Å². The van der Waals surface area contributed by atoms with Gasteiger partial charge in [-0.15, -0.1) is 0 Å². The summed E-state index contributed by atoms with van der Waals surface area (Å²) in [6, 6.07) is 0. The molecule has 0 saturated carbocycles. The van der Waals surface area contributed by atoms with E-state index in [2.05, 4.69) is 20.0 Å². The smallest absolute Gasteiger partial charge is 0.335 e. The third-order valence-electron chi connectivity index (χ3n) is 4.93. The van der Waals surface area contributed by atoms with Crippen LogP contribution in [0.4, 0.5) is 5.82 Å². The van der Waals surface area contributed by atoms with Crippen molar-refractivity contribution in [2.45, 2.75) is 85.8 Å². The molecule has 0 aliphatic heterocycles. The fraction of sp³-hybridized carbons (Fsp3) is 0.696. The van der Waals surface area contributed by atoms with E-state index in [0.29, 0.717) is 17.7 Å². The largest absolute Gasteiger partial charge is 0.464 e. The Labute approximate surface area is 217 Å². The molecule has 0 fully saturated rings. The maximum absolute atomic E-state index is 13.9. The second-order valence-electron chi connectivity index (χ2n) is 10.1. The number of aromatic nitrogens is 4. The van der Waals surface area contributed by atoms with E-state index in [1.54, 1.807) is 31.7 Å². The monoisotopic (exact) mass is 542 g/mol. The summed E-state index contributed by atoms with van der Waals surface area (Å²) in [5.74, 6) is -0.920. The fourth-order valence-electron chi connectivity index (χ4n) is 3.20. The Bertz CT molecular complexity index is 1120. The van der Waals surface area contributed by atoms with Crippen molar-refractivity contribution in [3.8, 4) is 0 Å². The summed E-state index contributed by atoms with van der Waals surface area (Å²) in [5, 5.41) is 2.75. The van der Waals surface area contributed by atoms with Gasteiger partial charge >= 0.3 is 11.9 Å². The molecule has 13 nitrogen and oxygen atoms in total. The first kappa shape index (κ1) is 30.6. The van der Waals surface area contributed by atoms with Crippen LogP contribution >= 0.6 is 7.52 Å². The van der Waals surface area contributed by atoms with Crippen LogP contribution in [0.1, 0.15) is 55.4 Å². The van der Waals surface area contributed by atoms with Crippen LogP contribution < -0.4 is 10.8 Å². The number of nitrogens with zero attached hydrogens (tertiary/aromatic N) is 4. The molecular weight excluding hydrogens is 503 g/mol. The lowest BCUT2D eigenvalue weighted by Crippen LogP contribution is -2.47. The molecule has 2 aromatic heterocycles. The highest BCUT2D eigenvalue weighted by molar-refractivity contribution is 7.56. The number of fused-ring (bicyclic) bond motifs is 1. The van der Waals surface area contributed by atoms with Gasteiger partial charge in [-0.05, 0) is 47.5 Å². The quantitative estimate of drug-likeness (QED) is 0.265. The van der Waals surface area contributed by atoms with Crippen LogP contribution in [0.3, 0.4) is 0 Å². The standard InChI is InChI=1S/C23H39N6O7P/c1-14(2)10-33-22(31)23(7,8)28-37(32,36-17(6)21(30)35-15(3)4)13-34-16(5)9-29-12-27-18-19(24)25-11-26-20(18)29/h11-12,14-17H,9-10,13H2,1-8H3,(H,28,32)(H2,24,25,26)/t16-,17+,37+/m1/s1. The molecule has 2 heterocycles. The van der Waals surface area contributed by atoms with E-state index in [-0.39, 0.29) is 24.4 Å². The van der Waals surface area contributed by atoms with E-state index in [1.807, 2.05) is 13.8 Å². The molecule has 0 aromatic carbocycles. The van der Waals surface area contributed by atoms with Crippen molar-refractivity contribution in [3.05, 3.63) is 12.7 Å². The second kappa shape index (κ2) is 12.8. The molecule has 0 aliphatic carbocycles. The molecule has 37 heavy (non-hydrogen) atoms. The Morgan fingerprint density at radius 1 is 1.14 bits per heavy atom. The van der Waals surface area contributed by atoms with Crippen LogP contribution in [0.5, 0.6) is 0 Å². The summed E-state index contributed by atoms with van der Waals surface area (Å²) < 4.78 is 37.7. The van der Waals surface area contributed by atoms with Gasteiger partial charge in [-0.3, -0.25) is 9.36 Å². The maximum Gasteiger partial charge on any atom is 0.335 e.